The average Bonchev–Trinajstić information content (AvgIpc) is 3.05. The van der Waals surface area contributed by atoms with Gasteiger partial charge in [0.2, 0.25) is 11.8 Å². The summed E-state index contributed by atoms with van der Waals surface area (Å²) in [6, 6.07) is 0.228. The van der Waals surface area contributed by atoms with Crippen LogP contribution in [0.3, 0.4) is 0 Å². The molecule has 6 nitrogen and oxygen atoms in total. The zero-order valence-corrected chi connectivity index (χ0v) is 15.6. The van der Waals surface area contributed by atoms with Crippen LogP contribution in [-0.4, -0.2) is 46.3 Å². The fourth-order valence-electron chi connectivity index (χ4n) is 3.58. The van der Waals surface area contributed by atoms with Crippen molar-refractivity contribution in [3.05, 3.63) is 11.7 Å². The number of thioether (sulfide) groups is 1. The van der Waals surface area contributed by atoms with E-state index in [1.54, 1.807) is 11.8 Å². The van der Waals surface area contributed by atoms with Gasteiger partial charge >= 0.3 is 0 Å². The molecule has 1 aliphatic carbocycles. The molecular formula is C17H28N4O2S. The van der Waals surface area contributed by atoms with E-state index in [4.69, 9.17) is 4.52 Å². The monoisotopic (exact) mass is 352 g/mol. The summed E-state index contributed by atoms with van der Waals surface area (Å²) in [6.45, 7) is 6.97. The molecule has 1 aromatic rings. The lowest BCUT2D eigenvalue weighted by Crippen LogP contribution is -2.45. The van der Waals surface area contributed by atoms with Gasteiger partial charge in [-0.05, 0) is 30.9 Å². The Hall–Kier alpha value is -1.08. The molecule has 1 aromatic heterocycles. The average molecular weight is 353 g/mol. The lowest BCUT2D eigenvalue weighted by Gasteiger charge is -2.29. The number of aromatic nitrogens is 2. The highest BCUT2D eigenvalue weighted by atomic mass is 32.2. The fraction of sp³-hybridized carbons (Fsp3) is 0.824. The van der Waals surface area contributed by atoms with E-state index >= 15 is 0 Å². The van der Waals surface area contributed by atoms with Crippen LogP contribution in [0.1, 0.15) is 44.8 Å². The summed E-state index contributed by atoms with van der Waals surface area (Å²) in [5.41, 5.74) is 0. The molecule has 24 heavy (non-hydrogen) atoms. The van der Waals surface area contributed by atoms with Crippen molar-refractivity contribution in [1.29, 1.82) is 0 Å². The smallest absolute Gasteiger partial charge is 0.240 e. The molecular weight excluding hydrogens is 324 g/mol. The molecule has 1 N–H and O–H groups in total. The van der Waals surface area contributed by atoms with Gasteiger partial charge in [-0.2, -0.15) is 16.7 Å². The van der Waals surface area contributed by atoms with Crippen LogP contribution in [-0.2, 0) is 17.1 Å². The SMILES string of the molecule is CSCc1noc(CN2C[C@@H](NC(=O)C3CCC3)[C@H](C(C)C)C2)n1. The lowest BCUT2D eigenvalue weighted by molar-refractivity contribution is -0.128. The number of carbonyl (C=O) groups is 1. The van der Waals surface area contributed by atoms with E-state index in [1.807, 2.05) is 6.26 Å². The maximum absolute atomic E-state index is 12.3. The largest absolute Gasteiger partial charge is 0.352 e. The van der Waals surface area contributed by atoms with Gasteiger partial charge in [0.25, 0.3) is 0 Å². The molecule has 2 fully saturated rings. The zero-order valence-electron chi connectivity index (χ0n) is 14.8. The molecule has 0 unspecified atom stereocenters. The highest BCUT2D eigenvalue weighted by molar-refractivity contribution is 7.97. The quantitative estimate of drug-likeness (QED) is 0.812. The molecule has 2 heterocycles. The van der Waals surface area contributed by atoms with Crippen molar-refractivity contribution in [1.82, 2.24) is 20.4 Å². The van der Waals surface area contributed by atoms with Gasteiger partial charge in [-0.1, -0.05) is 25.4 Å². The first-order valence-corrected chi connectivity index (χ1v) is 10.3. The van der Waals surface area contributed by atoms with Gasteiger partial charge in [-0.15, -0.1) is 0 Å². The lowest BCUT2D eigenvalue weighted by atomic mass is 9.84. The minimum absolute atomic E-state index is 0.228. The number of hydrogen-bond acceptors (Lipinski definition) is 6. The van der Waals surface area contributed by atoms with Crippen molar-refractivity contribution in [3.8, 4) is 0 Å². The number of amides is 1. The minimum Gasteiger partial charge on any atom is -0.352 e. The molecule has 1 saturated carbocycles. The van der Waals surface area contributed by atoms with Crippen molar-refractivity contribution < 1.29 is 9.32 Å². The van der Waals surface area contributed by atoms with E-state index in [-0.39, 0.29) is 17.9 Å². The van der Waals surface area contributed by atoms with Crippen LogP contribution in [0.2, 0.25) is 0 Å². The molecule has 0 aromatic carbocycles. The maximum Gasteiger partial charge on any atom is 0.240 e. The standard InChI is InChI=1S/C17H28N4O2S/c1-11(2)13-7-21(9-16-19-15(10-24-3)20-23-16)8-14(13)18-17(22)12-5-4-6-12/h11-14H,4-10H2,1-3H3,(H,18,22)/t13-,14+/m0/s1. The first-order chi connectivity index (χ1) is 11.6. The van der Waals surface area contributed by atoms with Crippen LogP contribution >= 0.6 is 11.8 Å². The summed E-state index contributed by atoms with van der Waals surface area (Å²) in [5.74, 6) is 3.72. The minimum atomic E-state index is 0.228. The normalized spacial score (nSPS) is 25.2. The highest BCUT2D eigenvalue weighted by Gasteiger charge is 2.37. The summed E-state index contributed by atoms with van der Waals surface area (Å²) in [5, 5.41) is 7.31. The first-order valence-electron chi connectivity index (χ1n) is 8.90. The Morgan fingerprint density at radius 2 is 2.21 bits per heavy atom. The number of nitrogens with one attached hydrogen (secondary N) is 1. The van der Waals surface area contributed by atoms with Crippen molar-refractivity contribution in [2.75, 3.05) is 19.3 Å². The molecule has 3 rings (SSSR count). The van der Waals surface area contributed by atoms with Crippen LogP contribution in [0.4, 0.5) is 0 Å². The molecule has 0 spiro atoms. The van der Waals surface area contributed by atoms with Gasteiger partial charge < -0.3 is 9.84 Å². The third kappa shape index (κ3) is 4.11. The van der Waals surface area contributed by atoms with E-state index in [0.29, 0.717) is 24.3 Å². The summed E-state index contributed by atoms with van der Waals surface area (Å²) in [7, 11) is 0. The van der Waals surface area contributed by atoms with E-state index in [9.17, 15) is 4.79 Å². The summed E-state index contributed by atoms with van der Waals surface area (Å²) in [4.78, 5) is 19.1. The first kappa shape index (κ1) is 17.7. The highest BCUT2D eigenvalue weighted by Crippen LogP contribution is 2.29. The maximum atomic E-state index is 12.3. The van der Waals surface area contributed by atoms with Crippen LogP contribution in [0.5, 0.6) is 0 Å². The third-order valence-electron chi connectivity index (χ3n) is 5.24. The Kier molecular flexibility index (Phi) is 5.81. The van der Waals surface area contributed by atoms with Crippen LogP contribution in [0.25, 0.3) is 0 Å². The second-order valence-corrected chi connectivity index (χ2v) is 8.25. The third-order valence-corrected chi connectivity index (χ3v) is 5.79. The van der Waals surface area contributed by atoms with Crippen molar-refractivity contribution in [2.45, 2.75) is 51.4 Å². The van der Waals surface area contributed by atoms with Crippen LogP contribution < -0.4 is 5.32 Å². The van der Waals surface area contributed by atoms with Gasteiger partial charge in [0.1, 0.15) is 0 Å². The second kappa shape index (κ2) is 7.87. The van der Waals surface area contributed by atoms with E-state index in [2.05, 4.69) is 34.2 Å². The van der Waals surface area contributed by atoms with Gasteiger partial charge in [0.15, 0.2) is 5.82 Å². The molecule has 0 bridgehead atoms. The molecule has 1 saturated heterocycles. The van der Waals surface area contributed by atoms with Gasteiger partial charge in [-0.3, -0.25) is 9.69 Å². The topological polar surface area (TPSA) is 71.3 Å². The summed E-state index contributed by atoms with van der Waals surface area (Å²) < 4.78 is 5.35. The molecule has 7 heteroatoms. The Labute approximate surface area is 148 Å². The Balaban J connectivity index is 1.57. The molecule has 2 aliphatic rings. The number of rotatable bonds is 7. The predicted octanol–water partition coefficient (Wildman–Crippen LogP) is 2.31. The Morgan fingerprint density at radius 1 is 1.42 bits per heavy atom. The molecule has 2 atom stereocenters. The molecule has 1 aliphatic heterocycles. The van der Waals surface area contributed by atoms with E-state index in [1.165, 1.54) is 6.42 Å². The summed E-state index contributed by atoms with van der Waals surface area (Å²) >= 11 is 1.69. The van der Waals surface area contributed by atoms with E-state index < -0.39 is 0 Å². The molecule has 1 amide bonds. The molecule has 134 valence electrons. The summed E-state index contributed by atoms with van der Waals surface area (Å²) in [6.07, 6.45) is 5.32. The zero-order chi connectivity index (χ0) is 17.1. The van der Waals surface area contributed by atoms with Crippen molar-refractivity contribution >= 4 is 17.7 Å². The Bertz CT molecular complexity index is 559. The molecule has 0 radical (unpaired) electrons. The van der Waals surface area contributed by atoms with Crippen molar-refractivity contribution in [3.63, 3.8) is 0 Å². The van der Waals surface area contributed by atoms with Crippen molar-refractivity contribution in [2.24, 2.45) is 17.8 Å². The number of nitrogens with zero attached hydrogens (tertiary/aromatic N) is 3. The van der Waals surface area contributed by atoms with Gasteiger partial charge in [-0.25, -0.2) is 0 Å². The number of hydrogen-bond donors (Lipinski definition) is 1. The number of carbonyl (C=O) groups excluding carboxylic acids is 1. The fourth-order valence-corrected chi connectivity index (χ4v) is 3.95. The Morgan fingerprint density at radius 3 is 2.83 bits per heavy atom. The van der Waals surface area contributed by atoms with Crippen LogP contribution in [0.15, 0.2) is 4.52 Å². The van der Waals surface area contributed by atoms with Gasteiger partial charge in [0, 0.05) is 25.0 Å². The van der Waals surface area contributed by atoms with E-state index in [0.717, 1.165) is 37.5 Å². The predicted molar refractivity (Wildman–Crippen MR) is 94.4 cm³/mol. The number of likely N-dealkylation sites (tertiary alicyclic amines) is 1. The van der Waals surface area contributed by atoms with Gasteiger partial charge in [0.05, 0.1) is 12.3 Å². The van der Waals surface area contributed by atoms with Crippen LogP contribution in [0, 0.1) is 17.8 Å². The second-order valence-electron chi connectivity index (χ2n) is 7.38.